The van der Waals surface area contributed by atoms with E-state index < -0.39 is 0 Å². The third-order valence-corrected chi connectivity index (χ3v) is 5.02. The number of hydrogen-bond donors (Lipinski definition) is 1. The Morgan fingerprint density at radius 2 is 2.00 bits per heavy atom. The van der Waals surface area contributed by atoms with Crippen LogP contribution in [0, 0.1) is 0 Å². The molecule has 2 saturated heterocycles. The first-order valence-corrected chi connectivity index (χ1v) is 7.79. The smallest absolute Gasteiger partial charge is 0.0438 e. The summed E-state index contributed by atoms with van der Waals surface area (Å²) >= 11 is 3.77. The predicted octanol–water partition coefficient (Wildman–Crippen LogP) is 3.65. The van der Waals surface area contributed by atoms with Crippen molar-refractivity contribution in [2.45, 2.75) is 38.1 Å². The minimum absolute atomic E-state index is 0.137. The highest BCUT2D eigenvalue weighted by molar-refractivity contribution is 9.10. The van der Waals surface area contributed by atoms with Crippen molar-refractivity contribution >= 4 is 21.6 Å². The second-order valence-corrected chi connectivity index (χ2v) is 6.54. The van der Waals surface area contributed by atoms with Gasteiger partial charge in [-0.25, -0.2) is 0 Å². The Kier molecular flexibility index (Phi) is 3.37. The topological polar surface area (TPSA) is 15.3 Å². The molecule has 1 aromatic carbocycles. The van der Waals surface area contributed by atoms with Gasteiger partial charge in [-0.15, -0.1) is 0 Å². The molecular weight excluding hydrogens is 288 g/mol. The average Bonchev–Trinajstić information content (AvgIpc) is 3.00. The summed E-state index contributed by atoms with van der Waals surface area (Å²) in [5.41, 5.74) is 3.03. The molecule has 1 aromatic rings. The predicted molar refractivity (Wildman–Crippen MR) is 80.2 cm³/mol. The van der Waals surface area contributed by atoms with Crippen molar-refractivity contribution in [3.63, 3.8) is 0 Å². The van der Waals surface area contributed by atoms with Crippen molar-refractivity contribution < 1.29 is 0 Å². The number of benzene rings is 1. The van der Waals surface area contributed by atoms with Crippen LogP contribution in [0.2, 0.25) is 0 Å². The van der Waals surface area contributed by atoms with Crippen LogP contribution >= 0.6 is 15.9 Å². The van der Waals surface area contributed by atoms with Crippen molar-refractivity contribution in [1.29, 1.82) is 0 Å². The normalized spacial score (nSPS) is 28.0. The number of anilines is 1. The highest BCUT2D eigenvalue weighted by Crippen LogP contribution is 2.41. The Morgan fingerprint density at radius 1 is 1.22 bits per heavy atom. The summed E-state index contributed by atoms with van der Waals surface area (Å²) in [5.74, 6) is 0. The van der Waals surface area contributed by atoms with Crippen molar-refractivity contribution in [2.75, 3.05) is 24.5 Å². The van der Waals surface area contributed by atoms with Crippen molar-refractivity contribution in [1.82, 2.24) is 5.32 Å². The molecule has 3 rings (SSSR count). The first kappa shape index (κ1) is 12.5. The van der Waals surface area contributed by atoms with Crippen LogP contribution in [0.4, 0.5) is 5.69 Å². The Bertz CT molecular complexity index is 432. The van der Waals surface area contributed by atoms with Crippen molar-refractivity contribution in [2.24, 2.45) is 0 Å². The minimum Gasteiger partial charge on any atom is -0.371 e. The second-order valence-electron chi connectivity index (χ2n) is 5.69. The summed E-state index contributed by atoms with van der Waals surface area (Å²) in [6.07, 6.45) is 5.17. The van der Waals surface area contributed by atoms with E-state index in [-0.39, 0.29) is 5.54 Å². The van der Waals surface area contributed by atoms with E-state index in [1.54, 1.807) is 0 Å². The Morgan fingerprint density at radius 3 is 2.67 bits per heavy atom. The van der Waals surface area contributed by atoms with E-state index in [2.05, 4.69) is 51.3 Å². The van der Waals surface area contributed by atoms with Gasteiger partial charge < -0.3 is 10.2 Å². The molecule has 2 nitrogen and oxygen atoms in total. The molecule has 3 heteroatoms. The fourth-order valence-electron chi connectivity index (χ4n) is 3.39. The molecular formula is C15H21BrN2. The van der Waals surface area contributed by atoms with Gasteiger partial charge in [-0.05, 0) is 51.3 Å². The number of hydrogen-bond acceptors (Lipinski definition) is 2. The molecule has 1 unspecified atom stereocenters. The quantitative estimate of drug-likeness (QED) is 0.897. The van der Waals surface area contributed by atoms with Gasteiger partial charge >= 0.3 is 0 Å². The fraction of sp³-hybridized carbons (Fsp3) is 0.600. The number of halogens is 1. The summed E-state index contributed by atoms with van der Waals surface area (Å²) in [6.45, 7) is 5.90. The monoisotopic (exact) mass is 308 g/mol. The molecule has 0 aliphatic carbocycles. The van der Waals surface area contributed by atoms with Crippen LogP contribution < -0.4 is 10.2 Å². The summed E-state index contributed by atoms with van der Waals surface area (Å²) < 4.78 is 1.25. The number of nitrogens with one attached hydrogen (secondary N) is 1. The molecule has 1 atom stereocenters. The minimum atomic E-state index is 0.137. The second kappa shape index (κ2) is 4.86. The third kappa shape index (κ3) is 2.08. The van der Waals surface area contributed by atoms with Crippen LogP contribution in [0.25, 0.3) is 0 Å². The van der Waals surface area contributed by atoms with Crippen LogP contribution in [-0.4, -0.2) is 19.6 Å². The number of nitrogens with zero attached hydrogens (tertiary/aromatic N) is 1. The summed E-state index contributed by atoms with van der Waals surface area (Å²) in [4.78, 5) is 2.55. The lowest BCUT2D eigenvalue weighted by Gasteiger charge is -2.32. The molecule has 0 spiro atoms. The molecule has 0 radical (unpaired) electrons. The standard InChI is InChI=1S/C15H21BrN2/c1-15(8-5-9-17-15)14-12(16)6-4-7-13(14)18-10-2-3-11-18/h4,6-7,17H,2-3,5,8-11H2,1H3. The van der Waals surface area contributed by atoms with Gasteiger partial charge in [-0.1, -0.05) is 22.0 Å². The van der Waals surface area contributed by atoms with E-state index in [1.807, 2.05) is 0 Å². The molecule has 2 heterocycles. The summed E-state index contributed by atoms with van der Waals surface area (Å²) in [7, 11) is 0. The highest BCUT2D eigenvalue weighted by Gasteiger charge is 2.35. The highest BCUT2D eigenvalue weighted by atomic mass is 79.9. The maximum Gasteiger partial charge on any atom is 0.0438 e. The van der Waals surface area contributed by atoms with Gasteiger partial charge in [0.15, 0.2) is 0 Å². The molecule has 18 heavy (non-hydrogen) atoms. The van der Waals surface area contributed by atoms with Crippen molar-refractivity contribution in [3.05, 3.63) is 28.2 Å². The van der Waals surface area contributed by atoms with Crippen LogP contribution in [0.1, 0.15) is 38.2 Å². The van der Waals surface area contributed by atoms with Crippen LogP contribution in [-0.2, 0) is 5.54 Å². The van der Waals surface area contributed by atoms with Gasteiger partial charge in [-0.3, -0.25) is 0 Å². The molecule has 2 aliphatic rings. The van der Waals surface area contributed by atoms with E-state index in [9.17, 15) is 0 Å². The SMILES string of the molecule is CC1(c2c(Br)cccc2N2CCCC2)CCCN1. The molecule has 0 saturated carbocycles. The van der Waals surface area contributed by atoms with Crippen LogP contribution in [0.15, 0.2) is 22.7 Å². The summed E-state index contributed by atoms with van der Waals surface area (Å²) in [6, 6.07) is 6.64. The lowest BCUT2D eigenvalue weighted by molar-refractivity contribution is 0.433. The van der Waals surface area contributed by atoms with Gasteiger partial charge in [0.2, 0.25) is 0 Å². The first-order chi connectivity index (χ1) is 8.71. The Hall–Kier alpha value is -0.540. The van der Waals surface area contributed by atoms with E-state index in [1.165, 1.54) is 54.5 Å². The first-order valence-electron chi connectivity index (χ1n) is 7.00. The van der Waals surface area contributed by atoms with E-state index >= 15 is 0 Å². The lowest BCUT2D eigenvalue weighted by Crippen LogP contribution is -2.36. The van der Waals surface area contributed by atoms with Crippen LogP contribution in [0.5, 0.6) is 0 Å². The van der Waals surface area contributed by atoms with Gasteiger partial charge in [0, 0.05) is 34.4 Å². The molecule has 0 amide bonds. The van der Waals surface area contributed by atoms with Gasteiger partial charge in [0.05, 0.1) is 0 Å². The summed E-state index contributed by atoms with van der Waals surface area (Å²) in [5, 5.41) is 3.70. The number of rotatable bonds is 2. The van der Waals surface area contributed by atoms with E-state index in [0.29, 0.717) is 0 Å². The van der Waals surface area contributed by atoms with Gasteiger partial charge in [0.25, 0.3) is 0 Å². The third-order valence-electron chi connectivity index (χ3n) is 4.36. The molecule has 1 N–H and O–H groups in total. The van der Waals surface area contributed by atoms with Crippen LogP contribution in [0.3, 0.4) is 0 Å². The van der Waals surface area contributed by atoms with Gasteiger partial charge in [-0.2, -0.15) is 0 Å². The zero-order chi connectivity index (χ0) is 12.6. The maximum absolute atomic E-state index is 3.77. The van der Waals surface area contributed by atoms with E-state index in [4.69, 9.17) is 0 Å². The average molecular weight is 309 g/mol. The molecule has 2 fully saturated rings. The largest absolute Gasteiger partial charge is 0.371 e. The van der Waals surface area contributed by atoms with Crippen molar-refractivity contribution in [3.8, 4) is 0 Å². The molecule has 0 aromatic heterocycles. The Labute approximate surface area is 118 Å². The molecule has 2 aliphatic heterocycles. The van der Waals surface area contributed by atoms with Gasteiger partial charge in [0.1, 0.15) is 0 Å². The molecule has 0 bridgehead atoms. The lowest BCUT2D eigenvalue weighted by atomic mass is 9.89. The zero-order valence-electron chi connectivity index (χ0n) is 11.0. The fourth-order valence-corrected chi connectivity index (χ4v) is 4.18. The zero-order valence-corrected chi connectivity index (χ0v) is 12.6. The van der Waals surface area contributed by atoms with E-state index in [0.717, 1.165) is 6.54 Å². The Balaban J connectivity index is 2.05. The maximum atomic E-state index is 3.77. The molecule has 98 valence electrons.